The van der Waals surface area contributed by atoms with Gasteiger partial charge in [-0.3, -0.25) is 9.59 Å². The Balaban J connectivity index is 2.14. The monoisotopic (exact) mass is 377 g/mol. The van der Waals surface area contributed by atoms with Gasteiger partial charge in [-0.05, 0) is 19.1 Å². The average molecular weight is 377 g/mol. The van der Waals surface area contributed by atoms with Crippen molar-refractivity contribution in [2.24, 2.45) is 0 Å². The van der Waals surface area contributed by atoms with Gasteiger partial charge in [-0.2, -0.15) is 13.2 Å². The fraction of sp³-hybridized carbons (Fsp3) is 0.500. The highest BCUT2D eigenvalue weighted by Crippen LogP contribution is 2.39. The number of carboxylic acid groups (broad SMARTS) is 1. The lowest BCUT2D eigenvalue weighted by Gasteiger charge is -2.39. The smallest absolute Gasteiger partial charge is 0.417 e. The van der Waals surface area contributed by atoms with E-state index in [1.807, 2.05) is 0 Å². The molecule has 1 aliphatic rings. The van der Waals surface area contributed by atoms with Gasteiger partial charge >= 0.3 is 12.1 Å². The number of hydrogen-bond donors (Lipinski definition) is 2. The number of carboxylic acids is 1. The molecule has 1 amide bonds. The fourth-order valence-corrected chi connectivity index (χ4v) is 3.44. The first-order valence-electron chi connectivity index (χ1n) is 7.62. The van der Waals surface area contributed by atoms with Crippen LogP contribution in [-0.4, -0.2) is 57.1 Å². The van der Waals surface area contributed by atoms with E-state index in [0.29, 0.717) is 4.90 Å². The fourth-order valence-electron chi connectivity index (χ4n) is 2.52. The SMILES string of the molecule is CC(Sc1ccccc1C(=O)N1CCC(O)(C(F)(F)F)CC1)C(=O)O. The van der Waals surface area contributed by atoms with Crippen LogP contribution in [0.3, 0.4) is 0 Å². The number of likely N-dealkylation sites (tertiary alicyclic amines) is 1. The molecular weight excluding hydrogens is 359 g/mol. The van der Waals surface area contributed by atoms with Crippen molar-refractivity contribution in [1.82, 2.24) is 4.90 Å². The summed E-state index contributed by atoms with van der Waals surface area (Å²) in [4.78, 5) is 25.3. The molecule has 9 heteroatoms. The summed E-state index contributed by atoms with van der Waals surface area (Å²) in [6.45, 7) is 1.04. The van der Waals surface area contributed by atoms with E-state index < -0.39 is 41.7 Å². The second kappa shape index (κ2) is 7.25. The number of piperidine rings is 1. The quantitative estimate of drug-likeness (QED) is 0.789. The van der Waals surface area contributed by atoms with E-state index in [1.165, 1.54) is 17.9 Å². The first-order chi connectivity index (χ1) is 11.5. The van der Waals surface area contributed by atoms with Gasteiger partial charge in [0, 0.05) is 30.8 Å². The van der Waals surface area contributed by atoms with E-state index in [0.717, 1.165) is 11.8 Å². The molecule has 1 saturated heterocycles. The Morgan fingerprint density at radius 2 is 1.80 bits per heavy atom. The molecule has 1 heterocycles. The zero-order valence-corrected chi connectivity index (χ0v) is 14.2. The number of alkyl halides is 3. The number of amides is 1. The summed E-state index contributed by atoms with van der Waals surface area (Å²) in [7, 11) is 0. The number of carbonyl (C=O) groups excluding carboxylic acids is 1. The van der Waals surface area contributed by atoms with Crippen LogP contribution in [0.1, 0.15) is 30.1 Å². The first-order valence-corrected chi connectivity index (χ1v) is 8.50. The third-order valence-corrected chi connectivity index (χ3v) is 5.34. The molecule has 138 valence electrons. The molecule has 0 spiro atoms. The molecule has 0 aliphatic carbocycles. The maximum absolute atomic E-state index is 12.8. The van der Waals surface area contributed by atoms with Crippen molar-refractivity contribution in [3.05, 3.63) is 29.8 Å². The van der Waals surface area contributed by atoms with E-state index >= 15 is 0 Å². The summed E-state index contributed by atoms with van der Waals surface area (Å²) in [6.07, 6.45) is -5.89. The number of thioether (sulfide) groups is 1. The molecule has 1 aromatic carbocycles. The van der Waals surface area contributed by atoms with E-state index in [2.05, 4.69) is 0 Å². The standard InChI is InChI=1S/C16H18F3NO4S/c1-10(14(22)23)25-12-5-3-2-4-11(12)13(21)20-8-6-15(24,7-9-20)16(17,18)19/h2-5,10,24H,6-9H2,1H3,(H,22,23). The Kier molecular flexibility index (Phi) is 5.68. The van der Waals surface area contributed by atoms with Gasteiger partial charge in [0.05, 0.1) is 5.56 Å². The minimum atomic E-state index is -4.73. The number of halogens is 3. The summed E-state index contributed by atoms with van der Waals surface area (Å²) in [5, 5.41) is 17.9. The molecule has 25 heavy (non-hydrogen) atoms. The van der Waals surface area contributed by atoms with E-state index in [-0.39, 0.29) is 18.7 Å². The van der Waals surface area contributed by atoms with Crippen molar-refractivity contribution in [3.8, 4) is 0 Å². The number of hydrogen-bond acceptors (Lipinski definition) is 4. The maximum Gasteiger partial charge on any atom is 0.417 e. The van der Waals surface area contributed by atoms with Crippen LogP contribution in [0.2, 0.25) is 0 Å². The van der Waals surface area contributed by atoms with Crippen molar-refractivity contribution >= 4 is 23.6 Å². The van der Waals surface area contributed by atoms with Gasteiger partial charge in [0.25, 0.3) is 5.91 Å². The predicted molar refractivity (Wildman–Crippen MR) is 85.5 cm³/mol. The van der Waals surface area contributed by atoms with Gasteiger partial charge < -0.3 is 15.1 Å². The van der Waals surface area contributed by atoms with Crippen LogP contribution in [-0.2, 0) is 4.79 Å². The second-order valence-electron chi connectivity index (χ2n) is 5.92. The van der Waals surface area contributed by atoms with Crippen LogP contribution in [0.4, 0.5) is 13.2 Å². The Bertz CT molecular complexity index is 657. The van der Waals surface area contributed by atoms with Crippen LogP contribution in [0.5, 0.6) is 0 Å². The van der Waals surface area contributed by atoms with E-state index in [9.17, 15) is 27.9 Å². The Morgan fingerprint density at radius 3 is 2.32 bits per heavy atom. The molecule has 1 aromatic rings. The highest BCUT2D eigenvalue weighted by atomic mass is 32.2. The molecule has 0 saturated carbocycles. The predicted octanol–water partition coefficient (Wildman–Crippen LogP) is 2.78. The third-order valence-electron chi connectivity index (χ3n) is 4.17. The molecule has 5 nitrogen and oxygen atoms in total. The molecule has 1 atom stereocenters. The lowest BCUT2D eigenvalue weighted by molar-refractivity contribution is -0.271. The number of rotatable bonds is 4. The molecule has 0 bridgehead atoms. The molecule has 0 radical (unpaired) electrons. The number of aliphatic carboxylic acids is 1. The highest BCUT2D eigenvalue weighted by Gasteiger charge is 2.54. The van der Waals surface area contributed by atoms with Crippen molar-refractivity contribution in [1.29, 1.82) is 0 Å². The number of nitrogens with zero attached hydrogens (tertiary/aromatic N) is 1. The third kappa shape index (κ3) is 4.27. The topological polar surface area (TPSA) is 77.8 Å². The first kappa shape index (κ1) is 19.6. The number of carbonyl (C=O) groups is 2. The van der Waals surface area contributed by atoms with Crippen LogP contribution in [0, 0.1) is 0 Å². The minimum absolute atomic E-state index is 0.220. The summed E-state index contributed by atoms with van der Waals surface area (Å²) < 4.78 is 38.5. The van der Waals surface area contributed by atoms with Gasteiger partial charge in [0.1, 0.15) is 5.25 Å². The van der Waals surface area contributed by atoms with Crippen LogP contribution >= 0.6 is 11.8 Å². The zero-order valence-electron chi connectivity index (χ0n) is 13.4. The lowest BCUT2D eigenvalue weighted by Crippen LogP contribution is -2.54. The zero-order chi connectivity index (χ0) is 18.8. The molecule has 2 N–H and O–H groups in total. The van der Waals surface area contributed by atoms with E-state index in [1.54, 1.807) is 18.2 Å². The Morgan fingerprint density at radius 1 is 1.24 bits per heavy atom. The lowest BCUT2D eigenvalue weighted by atomic mass is 9.90. The minimum Gasteiger partial charge on any atom is -0.480 e. The maximum atomic E-state index is 12.8. The summed E-state index contributed by atoms with van der Waals surface area (Å²) in [5.74, 6) is -1.50. The molecule has 1 aliphatic heterocycles. The molecule has 0 aromatic heterocycles. The van der Waals surface area contributed by atoms with Gasteiger partial charge in [-0.15, -0.1) is 11.8 Å². The normalized spacial score (nSPS) is 18.7. The highest BCUT2D eigenvalue weighted by molar-refractivity contribution is 8.00. The van der Waals surface area contributed by atoms with E-state index in [4.69, 9.17) is 5.11 Å². The second-order valence-corrected chi connectivity index (χ2v) is 7.30. The van der Waals surface area contributed by atoms with Crippen LogP contribution in [0.15, 0.2) is 29.2 Å². The number of benzene rings is 1. The summed E-state index contributed by atoms with van der Waals surface area (Å²) in [6, 6.07) is 6.39. The summed E-state index contributed by atoms with van der Waals surface area (Å²) >= 11 is 0.998. The van der Waals surface area contributed by atoms with Crippen molar-refractivity contribution in [3.63, 3.8) is 0 Å². The van der Waals surface area contributed by atoms with Gasteiger partial charge in [-0.1, -0.05) is 12.1 Å². The van der Waals surface area contributed by atoms with Gasteiger partial charge in [-0.25, -0.2) is 0 Å². The summed E-state index contributed by atoms with van der Waals surface area (Å²) in [5.41, 5.74) is -2.52. The molecule has 1 fully saturated rings. The van der Waals surface area contributed by atoms with Crippen molar-refractivity contribution < 1.29 is 33.0 Å². The number of aliphatic hydroxyl groups is 1. The van der Waals surface area contributed by atoms with Crippen molar-refractivity contribution in [2.45, 2.75) is 41.7 Å². The largest absolute Gasteiger partial charge is 0.480 e. The Hall–Kier alpha value is -1.74. The molecule has 2 rings (SSSR count). The molecule has 1 unspecified atom stereocenters. The van der Waals surface area contributed by atoms with Gasteiger partial charge in [0.2, 0.25) is 0 Å². The van der Waals surface area contributed by atoms with Gasteiger partial charge in [0.15, 0.2) is 5.60 Å². The Labute approximate surface area is 146 Å². The average Bonchev–Trinajstić information content (AvgIpc) is 2.54. The van der Waals surface area contributed by atoms with Crippen molar-refractivity contribution in [2.75, 3.05) is 13.1 Å². The van der Waals surface area contributed by atoms with Crippen LogP contribution < -0.4 is 0 Å². The molecular formula is C16H18F3NO4S. The van der Waals surface area contributed by atoms with Crippen LogP contribution in [0.25, 0.3) is 0 Å².